The van der Waals surface area contributed by atoms with Crippen LogP contribution in [0.3, 0.4) is 0 Å². The van der Waals surface area contributed by atoms with Crippen molar-refractivity contribution in [2.45, 2.75) is 6.92 Å². The van der Waals surface area contributed by atoms with Crippen LogP contribution in [0, 0.1) is 0 Å². The summed E-state index contributed by atoms with van der Waals surface area (Å²) >= 11 is 0. The van der Waals surface area contributed by atoms with Crippen molar-refractivity contribution >= 4 is 22.8 Å². The summed E-state index contributed by atoms with van der Waals surface area (Å²) in [6.07, 6.45) is 5.76. The van der Waals surface area contributed by atoms with E-state index in [9.17, 15) is 0 Å². The van der Waals surface area contributed by atoms with Gasteiger partial charge in [0.1, 0.15) is 12.0 Å². The van der Waals surface area contributed by atoms with Crippen LogP contribution >= 0.6 is 0 Å². The van der Waals surface area contributed by atoms with E-state index in [0.717, 1.165) is 22.4 Å². The first-order valence-corrected chi connectivity index (χ1v) is 5.24. The molecule has 3 nitrogen and oxygen atoms in total. The van der Waals surface area contributed by atoms with E-state index < -0.39 is 0 Å². The number of fused-ring (bicyclic) bond motifs is 3. The van der Waals surface area contributed by atoms with Crippen LogP contribution in [-0.4, -0.2) is 14.4 Å². The van der Waals surface area contributed by atoms with E-state index in [2.05, 4.69) is 9.97 Å². The second-order valence-electron chi connectivity index (χ2n) is 3.64. The Morgan fingerprint density at radius 1 is 1.25 bits per heavy atom. The number of para-hydroxylation sites is 2. The molecule has 0 aliphatic carbocycles. The lowest BCUT2D eigenvalue weighted by molar-refractivity contribution is 1.10. The monoisotopic (exact) mass is 209 g/mol. The van der Waals surface area contributed by atoms with Gasteiger partial charge in [-0.2, -0.15) is 0 Å². The highest BCUT2D eigenvalue weighted by molar-refractivity contribution is 5.80. The first kappa shape index (κ1) is 9.09. The molecule has 0 bridgehead atoms. The fourth-order valence-corrected chi connectivity index (χ4v) is 1.84. The Morgan fingerprint density at radius 3 is 3.00 bits per heavy atom. The first-order valence-electron chi connectivity index (χ1n) is 5.24. The van der Waals surface area contributed by atoms with Gasteiger partial charge in [-0.3, -0.25) is 4.40 Å². The summed E-state index contributed by atoms with van der Waals surface area (Å²) in [5.41, 5.74) is 3.97. The predicted molar refractivity (Wildman–Crippen MR) is 65.2 cm³/mol. The summed E-state index contributed by atoms with van der Waals surface area (Å²) < 4.78 is 2.00. The molecule has 2 heterocycles. The molecule has 0 saturated carbocycles. The fourth-order valence-electron chi connectivity index (χ4n) is 1.84. The smallest absolute Gasteiger partial charge is 0.141 e. The van der Waals surface area contributed by atoms with E-state index in [-0.39, 0.29) is 0 Å². The lowest BCUT2D eigenvalue weighted by Crippen LogP contribution is -1.89. The van der Waals surface area contributed by atoms with Gasteiger partial charge in [0.15, 0.2) is 0 Å². The summed E-state index contributed by atoms with van der Waals surface area (Å²) in [6.45, 7) is 1.98. The van der Waals surface area contributed by atoms with Crippen LogP contribution in [0.25, 0.3) is 22.8 Å². The maximum Gasteiger partial charge on any atom is 0.141 e. The largest absolute Gasteiger partial charge is 0.283 e. The minimum atomic E-state index is 0.935. The predicted octanol–water partition coefficient (Wildman–Crippen LogP) is 2.92. The van der Waals surface area contributed by atoms with Crippen molar-refractivity contribution in [2.24, 2.45) is 0 Å². The minimum absolute atomic E-state index is 0.935. The third-order valence-corrected chi connectivity index (χ3v) is 2.56. The van der Waals surface area contributed by atoms with Crippen LogP contribution in [0.1, 0.15) is 12.6 Å². The molecule has 0 aliphatic heterocycles. The van der Waals surface area contributed by atoms with E-state index in [1.807, 2.05) is 60.1 Å². The molecule has 78 valence electrons. The Bertz CT molecular complexity index is 680. The summed E-state index contributed by atoms with van der Waals surface area (Å²) in [7, 11) is 0. The number of hydrogen-bond acceptors (Lipinski definition) is 2. The molecule has 0 spiro atoms. The summed E-state index contributed by atoms with van der Waals surface area (Å²) in [4.78, 5) is 8.90. The Balaban J connectivity index is 2.36. The molecular weight excluding hydrogens is 198 g/mol. The molecular formula is C13H11N3. The maximum absolute atomic E-state index is 4.55. The summed E-state index contributed by atoms with van der Waals surface area (Å²) in [6, 6.07) is 10.1. The van der Waals surface area contributed by atoms with Gasteiger partial charge in [-0.1, -0.05) is 18.2 Å². The minimum Gasteiger partial charge on any atom is -0.283 e. The third kappa shape index (κ3) is 1.29. The van der Waals surface area contributed by atoms with Crippen LogP contribution in [-0.2, 0) is 0 Å². The van der Waals surface area contributed by atoms with Crippen LogP contribution in [0.15, 0.2) is 42.7 Å². The summed E-state index contributed by atoms with van der Waals surface area (Å²) in [5.74, 6) is 0. The van der Waals surface area contributed by atoms with Gasteiger partial charge in [0.05, 0.1) is 16.7 Å². The molecule has 0 fully saturated rings. The highest BCUT2D eigenvalue weighted by Gasteiger charge is 2.03. The van der Waals surface area contributed by atoms with Crippen molar-refractivity contribution < 1.29 is 0 Å². The van der Waals surface area contributed by atoms with Gasteiger partial charge in [0.25, 0.3) is 0 Å². The molecule has 0 amide bonds. The van der Waals surface area contributed by atoms with Gasteiger partial charge in [0.2, 0.25) is 0 Å². The van der Waals surface area contributed by atoms with E-state index in [1.165, 1.54) is 0 Å². The Hall–Kier alpha value is -2.16. The Kier molecular flexibility index (Phi) is 1.96. The molecule has 1 aromatic carbocycles. The second-order valence-corrected chi connectivity index (χ2v) is 3.64. The zero-order valence-corrected chi connectivity index (χ0v) is 8.96. The molecule has 3 rings (SSSR count). The van der Waals surface area contributed by atoms with Gasteiger partial charge in [-0.15, -0.1) is 0 Å². The highest BCUT2D eigenvalue weighted by Crippen LogP contribution is 2.16. The Labute approximate surface area is 93.1 Å². The molecule has 0 saturated heterocycles. The number of nitrogens with zero attached hydrogens (tertiary/aromatic N) is 3. The van der Waals surface area contributed by atoms with Crippen molar-refractivity contribution in [3.05, 3.63) is 48.4 Å². The van der Waals surface area contributed by atoms with E-state index in [4.69, 9.17) is 0 Å². The quantitative estimate of drug-likeness (QED) is 0.616. The van der Waals surface area contributed by atoms with Crippen molar-refractivity contribution in [1.29, 1.82) is 0 Å². The number of benzene rings is 1. The molecule has 2 aromatic heterocycles. The topological polar surface area (TPSA) is 30.2 Å². The number of rotatable bonds is 1. The molecule has 3 heteroatoms. The van der Waals surface area contributed by atoms with Gasteiger partial charge >= 0.3 is 0 Å². The molecule has 0 aliphatic rings. The maximum atomic E-state index is 4.55. The molecule has 0 radical (unpaired) electrons. The van der Waals surface area contributed by atoms with Gasteiger partial charge in [0, 0.05) is 6.07 Å². The van der Waals surface area contributed by atoms with Crippen LogP contribution in [0.4, 0.5) is 0 Å². The lowest BCUT2D eigenvalue weighted by atomic mass is 10.3. The van der Waals surface area contributed by atoms with Gasteiger partial charge in [-0.25, -0.2) is 9.97 Å². The molecule has 0 atom stereocenters. The van der Waals surface area contributed by atoms with Crippen molar-refractivity contribution in [2.75, 3.05) is 0 Å². The van der Waals surface area contributed by atoms with Crippen molar-refractivity contribution in [1.82, 2.24) is 14.4 Å². The van der Waals surface area contributed by atoms with Crippen molar-refractivity contribution in [3.8, 4) is 0 Å². The number of aromatic nitrogens is 3. The van der Waals surface area contributed by atoms with Crippen LogP contribution in [0.5, 0.6) is 0 Å². The normalized spacial score (nSPS) is 11.8. The molecule has 0 unspecified atom stereocenters. The average molecular weight is 209 g/mol. The fraction of sp³-hybridized carbons (Fsp3) is 0.0769. The molecule has 0 N–H and O–H groups in total. The first-order chi connectivity index (χ1) is 7.88. The number of imidazole rings is 1. The zero-order valence-electron chi connectivity index (χ0n) is 8.96. The number of allylic oxidation sites excluding steroid dienone is 1. The third-order valence-electron chi connectivity index (χ3n) is 2.56. The van der Waals surface area contributed by atoms with Gasteiger partial charge in [-0.05, 0) is 25.1 Å². The van der Waals surface area contributed by atoms with Crippen LogP contribution in [0.2, 0.25) is 0 Å². The standard InChI is InChI=1S/C13H11N3/c1-2-5-10-8-13-15-11-6-3-4-7-12(11)16(13)9-14-10/h2-9H,1H3/b5-2+. The molecule has 16 heavy (non-hydrogen) atoms. The molecule has 3 aromatic rings. The second kappa shape index (κ2) is 3.45. The highest BCUT2D eigenvalue weighted by atomic mass is 15.0. The Morgan fingerprint density at radius 2 is 2.12 bits per heavy atom. The number of hydrogen-bond donors (Lipinski definition) is 0. The van der Waals surface area contributed by atoms with Gasteiger partial charge < -0.3 is 0 Å². The summed E-state index contributed by atoms with van der Waals surface area (Å²) in [5, 5.41) is 0. The lowest BCUT2D eigenvalue weighted by Gasteiger charge is -1.95. The van der Waals surface area contributed by atoms with Crippen molar-refractivity contribution in [3.63, 3.8) is 0 Å². The van der Waals surface area contributed by atoms with E-state index >= 15 is 0 Å². The van der Waals surface area contributed by atoms with Crippen LogP contribution < -0.4 is 0 Å². The average Bonchev–Trinajstić information content (AvgIpc) is 2.67. The SMILES string of the molecule is C/C=C/c1cc2nc3ccccc3n2cn1. The van der Waals surface area contributed by atoms with E-state index in [0.29, 0.717) is 0 Å². The van der Waals surface area contributed by atoms with E-state index in [1.54, 1.807) is 0 Å². The zero-order chi connectivity index (χ0) is 11.0.